The number of fused-ring (bicyclic) bond motifs is 2. The fraction of sp³-hybridized carbons (Fsp3) is 0.850. The lowest BCUT2D eigenvalue weighted by Crippen LogP contribution is -2.84. The molecule has 2 saturated heterocycles. The summed E-state index contributed by atoms with van der Waals surface area (Å²) in [7, 11) is 0. The Morgan fingerprint density at radius 2 is 1.81 bits per heavy atom. The van der Waals surface area contributed by atoms with Gasteiger partial charge in [0.1, 0.15) is 11.5 Å². The molecule has 4 N–H and O–H groups in total. The lowest BCUT2D eigenvalue weighted by atomic mass is 9.36. The van der Waals surface area contributed by atoms with Crippen LogP contribution in [0.3, 0.4) is 0 Å². The van der Waals surface area contributed by atoms with Gasteiger partial charge in [-0.25, -0.2) is 0 Å². The Bertz CT molecular complexity index is 713. The van der Waals surface area contributed by atoms with Crippen LogP contribution in [-0.2, 0) is 9.53 Å². The van der Waals surface area contributed by atoms with Crippen molar-refractivity contribution in [2.45, 2.75) is 63.6 Å². The van der Waals surface area contributed by atoms with Crippen molar-refractivity contribution >= 4 is 5.78 Å². The molecule has 6 aliphatic rings. The summed E-state index contributed by atoms with van der Waals surface area (Å²) >= 11 is 0. The van der Waals surface area contributed by atoms with Gasteiger partial charge < -0.3 is 25.2 Å². The minimum Gasteiger partial charge on any atom is -0.393 e. The van der Waals surface area contributed by atoms with Gasteiger partial charge in [0.15, 0.2) is 5.78 Å². The Morgan fingerprint density at radius 3 is 2.50 bits per heavy atom. The van der Waals surface area contributed by atoms with Gasteiger partial charge in [0.05, 0.1) is 18.8 Å². The molecule has 0 amide bonds. The minimum atomic E-state index is -2.15. The first kappa shape index (κ1) is 17.3. The van der Waals surface area contributed by atoms with Crippen molar-refractivity contribution in [3.05, 3.63) is 12.2 Å². The lowest BCUT2D eigenvalue weighted by molar-refractivity contribution is -0.452. The van der Waals surface area contributed by atoms with Crippen LogP contribution in [0.15, 0.2) is 12.2 Å². The van der Waals surface area contributed by atoms with Crippen LogP contribution in [-0.4, -0.2) is 56.9 Å². The Balaban J connectivity index is 1.78. The third-order valence-corrected chi connectivity index (χ3v) is 9.01. The van der Waals surface area contributed by atoms with E-state index in [9.17, 15) is 25.2 Å². The molecule has 6 rings (SSSR count). The number of ketones is 1. The highest BCUT2D eigenvalue weighted by Gasteiger charge is 2.86. The average Bonchev–Trinajstić information content (AvgIpc) is 2.69. The predicted octanol–water partition coefficient (Wildman–Crippen LogP) is 0.376. The highest BCUT2D eigenvalue weighted by molar-refractivity contribution is 6.05. The fourth-order valence-corrected chi connectivity index (χ4v) is 7.89. The fourth-order valence-electron chi connectivity index (χ4n) is 7.89. The lowest BCUT2D eigenvalue weighted by Gasteiger charge is -2.74. The van der Waals surface area contributed by atoms with Crippen LogP contribution >= 0.6 is 0 Å². The van der Waals surface area contributed by atoms with E-state index in [2.05, 4.69) is 6.58 Å². The summed E-state index contributed by atoms with van der Waals surface area (Å²) in [6.07, 6.45) is -0.523. The Labute approximate surface area is 152 Å². The van der Waals surface area contributed by atoms with Crippen molar-refractivity contribution in [3.8, 4) is 0 Å². The molecule has 144 valence electrons. The summed E-state index contributed by atoms with van der Waals surface area (Å²) in [5, 5.41) is 44.6. The van der Waals surface area contributed by atoms with Gasteiger partial charge in [-0.2, -0.15) is 0 Å². The maximum absolute atomic E-state index is 13.3. The normalized spacial score (nSPS) is 59.9. The molecule has 2 heterocycles. The van der Waals surface area contributed by atoms with Gasteiger partial charge in [0, 0.05) is 17.3 Å². The van der Waals surface area contributed by atoms with E-state index in [0.29, 0.717) is 31.3 Å². The van der Waals surface area contributed by atoms with Crippen molar-refractivity contribution in [1.82, 2.24) is 0 Å². The van der Waals surface area contributed by atoms with E-state index in [1.807, 2.05) is 13.8 Å². The smallest absolute Gasteiger partial charge is 0.208 e. The van der Waals surface area contributed by atoms with Crippen LogP contribution in [0.1, 0.15) is 39.5 Å². The van der Waals surface area contributed by atoms with Crippen LogP contribution in [0.5, 0.6) is 0 Å². The molecule has 0 radical (unpaired) electrons. The van der Waals surface area contributed by atoms with Crippen molar-refractivity contribution in [2.24, 2.45) is 34.0 Å². The molecule has 0 aromatic rings. The van der Waals surface area contributed by atoms with E-state index < -0.39 is 46.3 Å². The van der Waals surface area contributed by atoms with Gasteiger partial charge in [-0.15, -0.1) is 0 Å². The monoisotopic (exact) mass is 364 g/mol. The van der Waals surface area contributed by atoms with E-state index in [1.54, 1.807) is 0 Å². The van der Waals surface area contributed by atoms with E-state index in [-0.39, 0.29) is 24.2 Å². The summed E-state index contributed by atoms with van der Waals surface area (Å²) in [6, 6.07) is 0. The van der Waals surface area contributed by atoms with Gasteiger partial charge in [-0.1, -0.05) is 20.4 Å². The van der Waals surface area contributed by atoms with Crippen LogP contribution in [0.2, 0.25) is 0 Å². The number of hydrogen-bond donors (Lipinski definition) is 4. The molecule has 0 unspecified atom stereocenters. The quantitative estimate of drug-likeness (QED) is 0.463. The zero-order chi connectivity index (χ0) is 18.9. The van der Waals surface area contributed by atoms with E-state index in [4.69, 9.17) is 4.74 Å². The van der Waals surface area contributed by atoms with Gasteiger partial charge in [-0.05, 0) is 42.6 Å². The molecule has 0 aromatic heterocycles. The second kappa shape index (κ2) is 4.61. The number of ether oxygens (including phenoxy) is 1. The summed E-state index contributed by atoms with van der Waals surface area (Å²) in [4.78, 5) is 13.3. The molecule has 26 heavy (non-hydrogen) atoms. The standard InChI is InChI=1S/C20H28O6/c1-9-10-4-5-11-18-7-6-12(21)17(2,3)13(18)16(24)20(25,26-8-18)19(11,14(9)22)15(10)23/h10-13,15-16,21,23-25H,1,4-8H2,2-3H3/t10-,11-,12+,13+,15+,16-,18+,19-,20+/m0/s1. The third-order valence-electron chi connectivity index (χ3n) is 9.01. The van der Waals surface area contributed by atoms with E-state index >= 15 is 0 Å². The van der Waals surface area contributed by atoms with Crippen LogP contribution in [0.25, 0.3) is 0 Å². The average molecular weight is 364 g/mol. The van der Waals surface area contributed by atoms with Crippen LogP contribution in [0.4, 0.5) is 0 Å². The summed E-state index contributed by atoms with van der Waals surface area (Å²) in [5.74, 6) is -3.56. The van der Waals surface area contributed by atoms with Crippen LogP contribution in [0, 0.1) is 34.0 Å². The predicted molar refractivity (Wildman–Crippen MR) is 90.7 cm³/mol. The molecule has 2 spiro atoms. The molecule has 6 nitrogen and oxygen atoms in total. The van der Waals surface area contributed by atoms with E-state index in [0.717, 1.165) is 0 Å². The van der Waals surface area contributed by atoms with Crippen LogP contribution < -0.4 is 0 Å². The highest BCUT2D eigenvalue weighted by Crippen LogP contribution is 2.76. The zero-order valence-electron chi connectivity index (χ0n) is 15.3. The number of aliphatic hydroxyl groups is 4. The first-order valence-corrected chi connectivity index (χ1v) is 9.71. The first-order valence-electron chi connectivity index (χ1n) is 9.71. The number of rotatable bonds is 0. The molecule has 4 aliphatic carbocycles. The molecule has 2 aliphatic heterocycles. The summed E-state index contributed by atoms with van der Waals surface area (Å²) < 4.78 is 5.85. The summed E-state index contributed by atoms with van der Waals surface area (Å²) in [5.41, 5.74) is -2.37. The molecular formula is C20H28O6. The number of carbonyl (C=O) groups is 1. The maximum Gasteiger partial charge on any atom is 0.208 e. The SMILES string of the molecule is C=C1C(=O)[C@]23[C@H](O)[C@H]1CC[C@H]2[C@]12CC[C@@H](O)C(C)(C)[C@H]1[C@H](O)[C@@]3(O)OC2. The Kier molecular flexibility index (Phi) is 3.07. The maximum atomic E-state index is 13.3. The molecule has 6 fully saturated rings. The van der Waals surface area contributed by atoms with Crippen molar-refractivity contribution < 1.29 is 30.0 Å². The van der Waals surface area contributed by atoms with Gasteiger partial charge in [0.2, 0.25) is 5.79 Å². The van der Waals surface area contributed by atoms with Crippen molar-refractivity contribution in [3.63, 3.8) is 0 Å². The van der Waals surface area contributed by atoms with Gasteiger partial charge in [-0.3, -0.25) is 4.79 Å². The van der Waals surface area contributed by atoms with E-state index in [1.165, 1.54) is 0 Å². The minimum absolute atomic E-state index is 0.241. The first-order chi connectivity index (χ1) is 12.1. The second-order valence-electron chi connectivity index (χ2n) is 9.92. The Morgan fingerprint density at radius 1 is 1.12 bits per heavy atom. The highest BCUT2D eigenvalue weighted by atomic mass is 16.6. The van der Waals surface area contributed by atoms with Crippen molar-refractivity contribution in [2.75, 3.05) is 6.61 Å². The zero-order valence-corrected chi connectivity index (χ0v) is 15.3. The number of Topliss-reactive ketones (excluding diaryl/α,β-unsaturated/α-hetero) is 1. The third kappa shape index (κ3) is 1.41. The number of carbonyl (C=O) groups excluding carboxylic acids is 1. The van der Waals surface area contributed by atoms with Gasteiger partial charge in [0.25, 0.3) is 0 Å². The summed E-state index contributed by atoms with van der Waals surface area (Å²) in [6.45, 7) is 7.97. The Hall–Kier alpha value is -0.790. The van der Waals surface area contributed by atoms with Crippen molar-refractivity contribution in [1.29, 1.82) is 0 Å². The molecule has 6 heteroatoms. The molecule has 4 bridgehead atoms. The number of hydrogen-bond acceptors (Lipinski definition) is 6. The second-order valence-corrected chi connectivity index (χ2v) is 9.92. The molecule has 4 saturated carbocycles. The molecule has 0 aromatic carbocycles. The largest absolute Gasteiger partial charge is 0.393 e. The topological polar surface area (TPSA) is 107 Å². The molecule has 9 atom stereocenters. The van der Waals surface area contributed by atoms with Gasteiger partial charge >= 0.3 is 0 Å². The number of aliphatic hydroxyl groups excluding tert-OH is 3. The molecular weight excluding hydrogens is 336 g/mol.